The maximum Gasteiger partial charge on any atom is 0.306 e. The minimum absolute atomic E-state index is 0.0659. The number of carbonyl (C=O) groups excluding carboxylic acids is 3. The summed E-state index contributed by atoms with van der Waals surface area (Å²) in [6.45, 7) is 8.87. The van der Waals surface area contributed by atoms with Gasteiger partial charge >= 0.3 is 17.9 Å². The van der Waals surface area contributed by atoms with E-state index in [-0.39, 0.29) is 31.1 Å². The van der Waals surface area contributed by atoms with Crippen LogP contribution >= 0.6 is 0 Å². The van der Waals surface area contributed by atoms with Gasteiger partial charge in [-0.05, 0) is 25.2 Å². The molecule has 290 valence electrons. The van der Waals surface area contributed by atoms with Crippen LogP contribution in [0.15, 0.2) is 0 Å². The van der Waals surface area contributed by atoms with Gasteiger partial charge in [0.15, 0.2) is 6.10 Å². The summed E-state index contributed by atoms with van der Waals surface area (Å²) in [5, 5.41) is 0. The Bertz CT molecular complexity index is 736. The number of hydrogen-bond donors (Lipinski definition) is 0. The second-order valence-corrected chi connectivity index (χ2v) is 15.1. The van der Waals surface area contributed by atoms with Gasteiger partial charge in [0.1, 0.15) is 13.2 Å². The number of rotatable bonds is 38. The van der Waals surface area contributed by atoms with Gasteiger partial charge in [0, 0.05) is 19.3 Å². The largest absolute Gasteiger partial charge is 0.462 e. The third-order valence-corrected chi connectivity index (χ3v) is 9.54. The van der Waals surface area contributed by atoms with E-state index in [2.05, 4.69) is 27.7 Å². The van der Waals surface area contributed by atoms with Crippen LogP contribution in [0.1, 0.15) is 233 Å². The van der Waals surface area contributed by atoms with Gasteiger partial charge < -0.3 is 14.2 Å². The van der Waals surface area contributed by atoms with Gasteiger partial charge in [-0.3, -0.25) is 14.4 Å². The summed E-state index contributed by atoms with van der Waals surface area (Å²) in [6, 6.07) is 0. The van der Waals surface area contributed by atoms with Crippen LogP contribution in [-0.4, -0.2) is 37.2 Å². The Morgan fingerprint density at radius 3 is 1.00 bits per heavy atom. The fourth-order valence-electron chi connectivity index (χ4n) is 6.27. The second-order valence-electron chi connectivity index (χ2n) is 15.1. The first-order chi connectivity index (χ1) is 23.9. The molecule has 0 fully saturated rings. The molecule has 0 aromatic carbocycles. The Hall–Kier alpha value is -1.59. The van der Waals surface area contributed by atoms with Crippen LogP contribution < -0.4 is 0 Å². The molecule has 49 heavy (non-hydrogen) atoms. The highest BCUT2D eigenvalue weighted by molar-refractivity contribution is 5.71. The molecular weight excluding hydrogens is 612 g/mol. The van der Waals surface area contributed by atoms with Crippen molar-refractivity contribution in [3.8, 4) is 0 Å². The zero-order valence-electron chi connectivity index (χ0n) is 33.1. The van der Waals surface area contributed by atoms with Crippen molar-refractivity contribution in [3.63, 3.8) is 0 Å². The lowest BCUT2D eigenvalue weighted by atomic mass is 10.0. The summed E-state index contributed by atoms with van der Waals surface area (Å²) in [7, 11) is 0. The lowest BCUT2D eigenvalue weighted by Crippen LogP contribution is -2.30. The second kappa shape index (κ2) is 37.7. The molecule has 0 aliphatic carbocycles. The Balaban J connectivity index is 4.26. The summed E-state index contributed by atoms with van der Waals surface area (Å²) in [6.07, 6.45) is 35.4. The summed E-state index contributed by atoms with van der Waals surface area (Å²) >= 11 is 0. The predicted molar refractivity (Wildman–Crippen MR) is 206 cm³/mol. The molecule has 0 amide bonds. The summed E-state index contributed by atoms with van der Waals surface area (Å²) in [5.74, 6) is -0.105. The molecule has 0 unspecified atom stereocenters. The number of hydrogen-bond acceptors (Lipinski definition) is 6. The van der Waals surface area contributed by atoms with Crippen molar-refractivity contribution in [2.45, 2.75) is 239 Å². The fourth-order valence-corrected chi connectivity index (χ4v) is 6.27. The van der Waals surface area contributed by atoms with Crippen molar-refractivity contribution in [1.29, 1.82) is 0 Å². The molecule has 0 spiro atoms. The minimum Gasteiger partial charge on any atom is -0.462 e. The van der Waals surface area contributed by atoms with Crippen molar-refractivity contribution in [3.05, 3.63) is 0 Å². The molecule has 0 aliphatic rings. The zero-order valence-corrected chi connectivity index (χ0v) is 33.1. The molecule has 0 N–H and O–H groups in total. The Morgan fingerprint density at radius 2 is 0.673 bits per heavy atom. The van der Waals surface area contributed by atoms with Crippen LogP contribution in [0.3, 0.4) is 0 Å². The summed E-state index contributed by atoms with van der Waals surface area (Å²) in [4.78, 5) is 37.4. The average molecular weight is 695 g/mol. The lowest BCUT2D eigenvalue weighted by Gasteiger charge is -2.18. The van der Waals surface area contributed by atoms with E-state index in [0.29, 0.717) is 19.3 Å². The van der Waals surface area contributed by atoms with E-state index in [1.54, 1.807) is 0 Å². The molecule has 0 radical (unpaired) electrons. The normalized spacial score (nSPS) is 11.9. The monoisotopic (exact) mass is 695 g/mol. The van der Waals surface area contributed by atoms with Crippen molar-refractivity contribution in [2.24, 2.45) is 5.92 Å². The van der Waals surface area contributed by atoms with E-state index < -0.39 is 6.10 Å². The third-order valence-electron chi connectivity index (χ3n) is 9.54. The molecule has 0 aromatic rings. The first-order valence-electron chi connectivity index (χ1n) is 21.4. The van der Waals surface area contributed by atoms with Gasteiger partial charge in [-0.1, -0.05) is 195 Å². The summed E-state index contributed by atoms with van der Waals surface area (Å²) < 4.78 is 16.6. The highest BCUT2D eigenvalue weighted by Gasteiger charge is 2.19. The highest BCUT2D eigenvalue weighted by Crippen LogP contribution is 2.15. The fraction of sp³-hybridized carbons (Fsp3) is 0.930. The topological polar surface area (TPSA) is 78.9 Å². The maximum atomic E-state index is 12.6. The van der Waals surface area contributed by atoms with Crippen molar-refractivity contribution < 1.29 is 28.6 Å². The van der Waals surface area contributed by atoms with E-state index in [4.69, 9.17) is 14.2 Å². The molecule has 0 rings (SSSR count). The zero-order chi connectivity index (χ0) is 36.0. The molecule has 0 aromatic heterocycles. The van der Waals surface area contributed by atoms with Crippen LogP contribution in [0.5, 0.6) is 0 Å². The first kappa shape index (κ1) is 47.4. The quantitative estimate of drug-likeness (QED) is 0.0364. The molecular formula is C43H82O6. The Kier molecular flexibility index (Phi) is 36.4. The molecule has 0 bridgehead atoms. The van der Waals surface area contributed by atoms with Crippen molar-refractivity contribution in [1.82, 2.24) is 0 Å². The van der Waals surface area contributed by atoms with Crippen molar-refractivity contribution in [2.75, 3.05) is 13.2 Å². The van der Waals surface area contributed by atoms with E-state index >= 15 is 0 Å². The van der Waals surface area contributed by atoms with Crippen molar-refractivity contribution >= 4 is 17.9 Å². The molecule has 0 aliphatic heterocycles. The van der Waals surface area contributed by atoms with Gasteiger partial charge in [-0.25, -0.2) is 0 Å². The van der Waals surface area contributed by atoms with Gasteiger partial charge in [-0.2, -0.15) is 0 Å². The number of unbranched alkanes of at least 4 members (excludes halogenated alkanes) is 25. The van der Waals surface area contributed by atoms with E-state index in [9.17, 15) is 14.4 Å². The maximum absolute atomic E-state index is 12.6. The molecule has 6 nitrogen and oxygen atoms in total. The first-order valence-corrected chi connectivity index (χ1v) is 21.4. The van der Waals surface area contributed by atoms with Crippen LogP contribution in [0.25, 0.3) is 0 Å². The molecule has 0 saturated heterocycles. The van der Waals surface area contributed by atoms with E-state index in [0.717, 1.165) is 63.7 Å². The molecule has 6 heteroatoms. The van der Waals surface area contributed by atoms with Gasteiger partial charge in [-0.15, -0.1) is 0 Å². The smallest absolute Gasteiger partial charge is 0.306 e. The SMILES string of the molecule is CCCCCCCCCCCCCCCCCC(=O)O[C@@H](COC(=O)CCCCCCCCC)COC(=O)CCCCCCCCC(C)C. The number of esters is 3. The molecule has 1 atom stereocenters. The van der Waals surface area contributed by atoms with E-state index in [1.165, 1.54) is 128 Å². The third kappa shape index (κ3) is 37.5. The summed E-state index contributed by atoms with van der Waals surface area (Å²) in [5.41, 5.74) is 0. The van der Waals surface area contributed by atoms with Gasteiger partial charge in [0.25, 0.3) is 0 Å². The minimum atomic E-state index is -0.758. The number of ether oxygens (including phenoxy) is 3. The number of carbonyl (C=O) groups is 3. The van der Waals surface area contributed by atoms with Gasteiger partial charge in [0.2, 0.25) is 0 Å². The Labute approximate surface area is 304 Å². The van der Waals surface area contributed by atoms with Gasteiger partial charge in [0.05, 0.1) is 0 Å². The van der Waals surface area contributed by atoms with E-state index in [1.807, 2.05) is 0 Å². The van der Waals surface area contributed by atoms with Crippen LogP contribution in [0.4, 0.5) is 0 Å². The molecule has 0 heterocycles. The predicted octanol–water partition coefficient (Wildman–Crippen LogP) is 13.2. The van der Waals surface area contributed by atoms with Crippen LogP contribution in [0.2, 0.25) is 0 Å². The highest BCUT2D eigenvalue weighted by atomic mass is 16.6. The Morgan fingerprint density at radius 1 is 0.388 bits per heavy atom. The van der Waals surface area contributed by atoms with Crippen LogP contribution in [0, 0.1) is 5.92 Å². The average Bonchev–Trinajstić information content (AvgIpc) is 3.08. The lowest BCUT2D eigenvalue weighted by molar-refractivity contribution is -0.167. The van der Waals surface area contributed by atoms with Crippen LogP contribution in [-0.2, 0) is 28.6 Å². The standard InChI is InChI=1S/C43H82O6/c1-5-7-9-11-13-14-15-16-17-18-19-20-22-28-32-36-43(46)49-40(37-47-41(44)34-30-26-21-12-10-8-6-2)38-48-42(45)35-31-27-24-23-25-29-33-39(3)4/h39-40H,5-38H2,1-4H3/t40-/m0/s1. The molecule has 0 saturated carbocycles.